The molecule has 0 aliphatic carbocycles. The van der Waals surface area contributed by atoms with Gasteiger partial charge in [0.1, 0.15) is 0 Å². The van der Waals surface area contributed by atoms with Crippen molar-refractivity contribution >= 4 is 37.8 Å². The molecule has 0 unspecified atom stereocenters. The number of hydrogen-bond donors (Lipinski definition) is 0. The number of rotatable bonds is 3. The molecule has 0 amide bonds. The van der Waals surface area contributed by atoms with Crippen LogP contribution >= 0.6 is 31.9 Å². The highest BCUT2D eigenvalue weighted by molar-refractivity contribution is 9.10. The maximum absolute atomic E-state index is 11.6. The highest BCUT2D eigenvalue weighted by Crippen LogP contribution is 2.24. The molecule has 3 nitrogen and oxygen atoms in total. The van der Waals surface area contributed by atoms with E-state index in [2.05, 4.69) is 37.9 Å². The minimum Gasteiger partial charge on any atom is -0.462 e. The summed E-state index contributed by atoms with van der Waals surface area (Å²) >= 11 is 6.53. The van der Waals surface area contributed by atoms with Crippen molar-refractivity contribution in [2.45, 2.75) is 12.3 Å². The molecular formula is C11H9Br2NO2. The lowest BCUT2D eigenvalue weighted by atomic mass is 10.1. The van der Waals surface area contributed by atoms with E-state index in [-0.39, 0.29) is 5.97 Å². The third kappa shape index (κ3) is 2.83. The molecule has 0 heterocycles. The van der Waals surface area contributed by atoms with Crippen LogP contribution in [0.15, 0.2) is 16.6 Å². The minimum atomic E-state index is -0.388. The van der Waals surface area contributed by atoms with Gasteiger partial charge in [0.05, 0.1) is 23.8 Å². The van der Waals surface area contributed by atoms with E-state index in [4.69, 9.17) is 10.00 Å². The molecule has 0 aliphatic heterocycles. The monoisotopic (exact) mass is 345 g/mol. The average molecular weight is 347 g/mol. The van der Waals surface area contributed by atoms with Crippen molar-refractivity contribution in [2.24, 2.45) is 0 Å². The molecule has 0 aliphatic rings. The van der Waals surface area contributed by atoms with Crippen LogP contribution in [-0.2, 0) is 10.1 Å². The number of carbonyl (C=O) groups is 1. The van der Waals surface area contributed by atoms with Crippen LogP contribution in [0.3, 0.4) is 0 Å². The molecule has 0 spiro atoms. The SMILES string of the molecule is CCOC(=O)c1cc(CBr)c(C#N)cc1Br. The predicted octanol–water partition coefficient (Wildman–Crippen LogP) is 3.39. The van der Waals surface area contributed by atoms with Crippen LogP contribution in [-0.4, -0.2) is 12.6 Å². The van der Waals surface area contributed by atoms with Crippen LogP contribution < -0.4 is 0 Å². The Bertz CT molecular complexity index is 452. The molecule has 0 saturated heterocycles. The molecule has 0 aromatic heterocycles. The number of alkyl halides is 1. The van der Waals surface area contributed by atoms with Crippen LogP contribution in [0.5, 0.6) is 0 Å². The molecule has 1 aromatic rings. The molecule has 1 aromatic carbocycles. The minimum absolute atomic E-state index is 0.328. The summed E-state index contributed by atoms with van der Waals surface area (Å²) < 4.78 is 5.49. The topological polar surface area (TPSA) is 50.1 Å². The Hall–Kier alpha value is -0.860. The highest BCUT2D eigenvalue weighted by atomic mass is 79.9. The predicted molar refractivity (Wildman–Crippen MR) is 67.4 cm³/mol. The number of hydrogen-bond acceptors (Lipinski definition) is 3. The number of halogens is 2. The van der Waals surface area contributed by atoms with Crippen LogP contribution in [0.2, 0.25) is 0 Å². The number of carbonyl (C=O) groups excluding carboxylic acids is 1. The lowest BCUT2D eigenvalue weighted by Gasteiger charge is -2.07. The first-order chi connectivity index (χ1) is 7.63. The summed E-state index contributed by atoms with van der Waals surface area (Å²) in [4.78, 5) is 11.6. The summed E-state index contributed by atoms with van der Waals surface area (Å²) in [5, 5.41) is 9.42. The van der Waals surface area contributed by atoms with Gasteiger partial charge >= 0.3 is 5.97 Å². The van der Waals surface area contributed by atoms with Gasteiger partial charge in [-0.05, 0) is 40.5 Å². The lowest BCUT2D eigenvalue weighted by Crippen LogP contribution is -2.06. The second-order valence-corrected chi connectivity index (χ2v) is 4.37. The van der Waals surface area contributed by atoms with Crippen LogP contribution in [0.4, 0.5) is 0 Å². The van der Waals surface area contributed by atoms with Gasteiger partial charge in [-0.1, -0.05) is 15.9 Å². The van der Waals surface area contributed by atoms with Gasteiger partial charge in [0.25, 0.3) is 0 Å². The first kappa shape index (κ1) is 13.2. The van der Waals surface area contributed by atoms with Crippen molar-refractivity contribution in [3.8, 4) is 6.07 Å². The molecule has 16 heavy (non-hydrogen) atoms. The molecule has 0 radical (unpaired) electrons. The fourth-order valence-corrected chi connectivity index (χ4v) is 2.17. The zero-order valence-electron chi connectivity index (χ0n) is 8.59. The van der Waals surface area contributed by atoms with E-state index in [9.17, 15) is 4.79 Å². The van der Waals surface area contributed by atoms with E-state index in [1.807, 2.05) is 0 Å². The summed E-state index contributed by atoms with van der Waals surface area (Å²) in [7, 11) is 0. The normalized spacial score (nSPS) is 9.62. The summed E-state index contributed by atoms with van der Waals surface area (Å²) in [5.41, 5.74) is 1.75. The Morgan fingerprint density at radius 3 is 2.75 bits per heavy atom. The molecule has 1 rings (SSSR count). The number of benzene rings is 1. The second-order valence-electron chi connectivity index (χ2n) is 2.96. The Balaban J connectivity index is 3.22. The standard InChI is InChI=1S/C11H9Br2NO2/c1-2-16-11(15)9-3-7(5-12)8(6-14)4-10(9)13/h3-4H,2,5H2,1H3. The van der Waals surface area contributed by atoms with Gasteiger partial charge in [-0.3, -0.25) is 0 Å². The van der Waals surface area contributed by atoms with Gasteiger partial charge in [0, 0.05) is 9.80 Å². The van der Waals surface area contributed by atoms with Crippen molar-refractivity contribution in [3.63, 3.8) is 0 Å². The van der Waals surface area contributed by atoms with E-state index < -0.39 is 0 Å². The summed E-state index contributed by atoms with van der Waals surface area (Å²) in [6.45, 7) is 2.08. The maximum Gasteiger partial charge on any atom is 0.339 e. The summed E-state index contributed by atoms with van der Waals surface area (Å²) in [6, 6.07) is 5.36. The van der Waals surface area contributed by atoms with Gasteiger partial charge in [-0.25, -0.2) is 4.79 Å². The number of nitriles is 1. The Kier molecular flexibility index (Phi) is 4.97. The lowest BCUT2D eigenvalue weighted by molar-refractivity contribution is 0.0525. The molecule has 84 valence electrons. The molecule has 0 bridgehead atoms. The number of ether oxygens (including phenoxy) is 1. The van der Waals surface area contributed by atoms with Gasteiger partial charge < -0.3 is 4.74 Å². The average Bonchev–Trinajstić information content (AvgIpc) is 2.28. The quantitative estimate of drug-likeness (QED) is 0.622. The van der Waals surface area contributed by atoms with Crippen LogP contribution in [0.25, 0.3) is 0 Å². The molecule has 5 heteroatoms. The third-order valence-corrected chi connectivity index (χ3v) is 3.21. The Morgan fingerprint density at radius 1 is 1.56 bits per heavy atom. The van der Waals surface area contributed by atoms with Crippen molar-refractivity contribution in [2.75, 3.05) is 6.61 Å². The zero-order valence-corrected chi connectivity index (χ0v) is 11.8. The molecule has 0 fully saturated rings. The Labute approximate surface area is 111 Å². The molecule has 0 saturated carbocycles. The molecule has 0 atom stereocenters. The highest BCUT2D eigenvalue weighted by Gasteiger charge is 2.14. The first-order valence-electron chi connectivity index (χ1n) is 4.59. The van der Waals surface area contributed by atoms with E-state index >= 15 is 0 Å². The Morgan fingerprint density at radius 2 is 2.25 bits per heavy atom. The van der Waals surface area contributed by atoms with Crippen molar-refractivity contribution in [1.29, 1.82) is 5.26 Å². The third-order valence-electron chi connectivity index (χ3n) is 1.95. The zero-order chi connectivity index (χ0) is 12.1. The van der Waals surface area contributed by atoms with Crippen LogP contribution in [0, 0.1) is 11.3 Å². The number of esters is 1. The van der Waals surface area contributed by atoms with Gasteiger partial charge in [-0.2, -0.15) is 5.26 Å². The summed E-state index contributed by atoms with van der Waals surface area (Å²) in [5.74, 6) is -0.388. The van der Waals surface area contributed by atoms with E-state index in [1.165, 1.54) is 0 Å². The molecule has 0 N–H and O–H groups in total. The van der Waals surface area contributed by atoms with E-state index in [1.54, 1.807) is 19.1 Å². The van der Waals surface area contributed by atoms with Crippen molar-refractivity contribution in [3.05, 3.63) is 33.3 Å². The largest absolute Gasteiger partial charge is 0.462 e. The van der Waals surface area contributed by atoms with Gasteiger partial charge in [0.15, 0.2) is 0 Å². The van der Waals surface area contributed by atoms with Crippen LogP contribution in [0.1, 0.15) is 28.4 Å². The smallest absolute Gasteiger partial charge is 0.339 e. The number of nitrogens with zero attached hydrogens (tertiary/aromatic N) is 1. The maximum atomic E-state index is 11.6. The van der Waals surface area contributed by atoms with Gasteiger partial charge in [-0.15, -0.1) is 0 Å². The fourth-order valence-electron chi connectivity index (χ4n) is 1.20. The van der Waals surface area contributed by atoms with E-state index in [0.29, 0.717) is 27.5 Å². The van der Waals surface area contributed by atoms with Gasteiger partial charge in [0.2, 0.25) is 0 Å². The first-order valence-corrected chi connectivity index (χ1v) is 6.51. The second kappa shape index (κ2) is 6.02. The fraction of sp³-hybridized carbons (Fsp3) is 0.273. The molecular weight excluding hydrogens is 338 g/mol. The summed E-state index contributed by atoms with van der Waals surface area (Å²) in [6.07, 6.45) is 0. The van der Waals surface area contributed by atoms with Crippen molar-refractivity contribution < 1.29 is 9.53 Å². The van der Waals surface area contributed by atoms with E-state index in [0.717, 1.165) is 5.56 Å². The van der Waals surface area contributed by atoms with Crippen molar-refractivity contribution in [1.82, 2.24) is 0 Å².